The van der Waals surface area contributed by atoms with E-state index in [1.807, 2.05) is 12.1 Å². The van der Waals surface area contributed by atoms with Gasteiger partial charge >= 0.3 is 5.63 Å². The van der Waals surface area contributed by atoms with Gasteiger partial charge in [0.2, 0.25) is 5.91 Å². The molecule has 0 saturated heterocycles. The topological polar surface area (TPSA) is 99.1 Å². The van der Waals surface area contributed by atoms with Crippen LogP contribution in [0.2, 0.25) is 0 Å². The number of rotatable bonds is 2. The lowest BCUT2D eigenvalue weighted by Crippen LogP contribution is -2.10. The highest BCUT2D eigenvalue weighted by Gasteiger charge is 2.11. The molecular weight excluding hydrogens is 306 g/mol. The van der Waals surface area contributed by atoms with E-state index in [4.69, 9.17) is 10.2 Å². The highest BCUT2D eigenvalue weighted by molar-refractivity contribution is 6.01. The molecule has 0 bridgehead atoms. The van der Waals surface area contributed by atoms with Gasteiger partial charge in [-0.1, -0.05) is 24.3 Å². The van der Waals surface area contributed by atoms with Crippen LogP contribution < -0.4 is 11.4 Å². The lowest BCUT2D eigenvalue weighted by Gasteiger charge is -2.05. The van der Waals surface area contributed by atoms with E-state index >= 15 is 0 Å². The third-order valence-corrected chi connectivity index (χ3v) is 3.78. The van der Waals surface area contributed by atoms with Crippen molar-refractivity contribution in [1.82, 2.24) is 9.97 Å². The number of amides is 1. The molecule has 2 heterocycles. The first-order chi connectivity index (χ1) is 11.6. The van der Waals surface area contributed by atoms with Gasteiger partial charge in [-0.2, -0.15) is 0 Å². The van der Waals surface area contributed by atoms with Gasteiger partial charge in [0.1, 0.15) is 11.0 Å². The maximum absolute atomic E-state index is 12.1. The summed E-state index contributed by atoms with van der Waals surface area (Å²) >= 11 is 0. The van der Waals surface area contributed by atoms with Crippen molar-refractivity contribution in [2.45, 2.75) is 0 Å². The second-order valence-electron chi connectivity index (χ2n) is 5.28. The Labute approximate surface area is 135 Å². The maximum atomic E-state index is 12.1. The molecular formula is C18H11N3O3. The quantitative estimate of drug-likeness (QED) is 0.452. The SMILES string of the molecule is NC(=O)c1ccc(-c2ncc3c(=O)oc4ccccc4c3n2)cc1. The first-order valence-electron chi connectivity index (χ1n) is 7.22. The summed E-state index contributed by atoms with van der Waals surface area (Å²) in [5.74, 6) is -0.0427. The summed E-state index contributed by atoms with van der Waals surface area (Å²) in [6, 6.07) is 13.9. The molecule has 4 rings (SSSR count). The van der Waals surface area contributed by atoms with Crippen LogP contribution in [0.1, 0.15) is 10.4 Å². The molecule has 2 aromatic heterocycles. The van der Waals surface area contributed by atoms with Gasteiger partial charge in [0.25, 0.3) is 0 Å². The summed E-state index contributed by atoms with van der Waals surface area (Å²) in [5, 5.41) is 1.07. The van der Waals surface area contributed by atoms with Crippen molar-refractivity contribution < 1.29 is 9.21 Å². The number of benzene rings is 2. The molecule has 0 fully saturated rings. The monoisotopic (exact) mass is 317 g/mol. The van der Waals surface area contributed by atoms with Gasteiger partial charge in [0.05, 0.1) is 5.52 Å². The first kappa shape index (κ1) is 14.1. The summed E-state index contributed by atoms with van der Waals surface area (Å²) in [6.45, 7) is 0. The molecule has 0 radical (unpaired) electrons. The lowest BCUT2D eigenvalue weighted by atomic mass is 10.1. The van der Waals surface area contributed by atoms with E-state index in [9.17, 15) is 9.59 Å². The Bertz CT molecular complexity index is 1150. The van der Waals surface area contributed by atoms with E-state index in [1.54, 1.807) is 36.4 Å². The average molecular weight is 317 g/mol. The molecule has 2 aromatic carbocycles. The molecule has 1 amide bonds. The molecule has 0 spiro atoms. The number of nitrogens with zero attached hydrogens (tertiary/aromatic N) is 2. The van der Waals surface area contributed by atoms with Gasteiger partial charge in [-0.05, 0) is 24.3 Å². The van der Waals surface area contributed by atoms with Gasteiger partial charge in [0, 0.05) is 22.7 Å². The van der Waals surface area contributed by atoms with Gasteiger partial charge in [-0.25, -0.2) is 14.8 Å². The predicted molar refractivity (Wildman–Crippen MR) is 89.5 cm³/mol. The summed E-state index contributed by atoms with van der Waals surface area (Å²) in [5.41, 5.74) is 6.91. The van der Waals surface area contributed by atoms with Crippen LogP contribution in [-0.4, -0.2) is 15.9 Å². The standard InChI is InChI=1S/C18H11N3O3/c19-16(22)10-5-7-11(8-6-10)17-20-9-13-15(21-17)12-3-1-2-4-14(12)24-18(13)23/h1-9H,(H2,19,22). The Morgan fingerprint density at radius 1 is 1.00 bits per heavy atom. The van der Waals surface area contributed by atoms with Crippen molar-refractivity contribution in [1.29, 1.82) is 0 Å². The predicted octanol–water partition coefficient (Wildman–Crippen LogP) is 2.50. The van der Waals surface area contributed by atoms with Crippen LogP contribution in [-0.2, 0) is 0 Å². The third kappa shape index (κ3) is 2.21. The van der Waals surface area contributed by atoms with Crippen LogP contribution in [0.5, 0.6) is 0 Å². The number of carbonyl (C=O) groups excluding carboxylic acids is 1. The number of nitrogens with two attached hydrogens (primary N) is 1. The van der Waals surface area contributed by atoms with Gasteiger partial charge in [0.15, 0.2) is 5.82 Å². The summed E-state index contributed by atoms with van der Waals surface area (Å²) in [7, 11) is 0. The average Bonchev–Trinajstić information content (AvgIpc) is 2.61. The zero-order valence-electron chi connectivity index (χ0n) is 12.4. The first-order valence-corrected chi connectivity index (χ1v) is 7.22. The van der Waals surface area contributed by atoms with Crippen LogP contribution in [0.15, 0.2) is 63.9 Å². The minimum absolute atomic E-state index is 0.325. The van der Waals surface area contributed by atoms with Crippen LogP contribution in [0.3, 0.4) is 0 Å². The minimum atomic E-state index is -0.496. The zero-order chi connectivity index (χ0) is 16.7. The van der Waals surface area contributed by atoms with E-state index in [0.29, 0.717) is 27.9 Å². The van der Waals surface area contributed by atoms with Gasteiger partial charge in [-0.3, -0.25) is 4.79 Å². The van der Waals surface area contributed by atoms with Crippen molar-refractivity contribution in [3.63, 3.8) is 0 Å². The molecule has 0 aliphatic carbocycles. The van der Waals surface area contributed by atoms with Crippen LogP contribution in [0, 0.1) is 0 Å². The fourth-order valence-electron chi connectivity index (χ4n) is 2.57. The van der Waals surface area contributed by atoms with Crippen LogP contribution in [0.25, 0.3) is 33.3 Å². The molecule has 0 aliphatic rings. The van der Waals surface area contributed by atoms with Crippen molar-refractivity contribution in [2.75, 3.05) is 0 Å². The number of aromatic nitrogens is 2. The Hall–Kier alpha value is -3.54. The third-order valence-electron chi connectivity index (χ3n) is 3.78. The van der Waals surface area contributed by atoms with Crippen molar-refractivity contribution in [3.8, 4) is 11.4 Å². The van der Waals surface area contributed by atoms with E-state index in [-0.39, 0.29) is 0 Å². The molecule has 0 saturated carbocycles. The Morgan fingerprint density at radius 3 is 2.50 bits per heavy atom. The summed E-state index contributed by atoms with van der Waals surface area (Å²) < 4.78 is 5.28. The Morgan fingerprint density at radius 2 is 1.75 bits per heavy atom. The number of para-hydroxylation sites is 1. The highest BCUT2D eigenvalue weighted by Crippen LogP contribution is 2.23. The minimum Gasteiger partial charge on any atom is -0.422 e. The molecule has 116 valence electrons. The number of primary amides is 1. The summed E-state index contributed by atoms with van der Waals surface area (Å²) in [6.07, 6.45) is 1.46. The van der Waals surface area contributed by atoms with E-state index in [1.165, 1.54) is 6.20 Å². The highest BCUT2D eigenvalue weighted by atomic mass is 16.4. The molecule has 24 heavy (non-hydrogen) atoms. The molecule has 0 atom stereocenters. The molecule has 4 aromatic rings. The molecule has 2 N–H and O–H groups in total. The zero-order valence-corrected chi connectivity index (χ0v) is 12.4. The molecule has 6 heteroatoms. The fourth-order valence-corrected chi connectivity index (χ4v) is 2.57. The number of hydrogen-bond donors (Lipinski definition) is 1. The van der Waals surface area contributed by atoms with Crippen molar-refractivity contribution >= 4 is 27.8 Å². The Balaban J connectivity index is 1.96. The number of hydrogen-bond acceptors (Lipinski definition) is 5. The number of carbonyl (C=O) groups is 1. The van der Waals surface area contributed by atoms with Gasteiger partial charge < -0.3 is 10.2 Å². The summed E-state index contributed by atoms with van der Waals surface area (Å²) in [4.78, 5) is 32.0. The second-order valence-corrected chi connectivity index (χ2v) is 5.28. The van der Waals surface area contributed by atoms with Crippen molar-refractivity contribution in [2.24, 2.45) is 5.73 Å². The maximum Gasteiger partial charge on any atom is 0.347 e. The smallest absolute Gasteiger partial charge is 0.347 e. The van der Waals surface area contributed by atoms with Crippen LogP contribution in [0.4, 0.5) is 0 Å². The van der Waals surface area contributed by atoms with Crippen molar-refractivity contribution in [3.05, 3.63) is 70.7 Å². The van der Waals surface area contributed by atoms with E-state index in [0.717, 1.165) is 10.9 Å². The van der Waals surface area contributed by atoms with Gasteiger partial charge in [-0.15, -0.1) is 0 Å². The van der Waals surface area contributed by atoms with E-state index < -0.39 is 11.5 Å². The van der Waals surface area contributed by atoms with Crippen LogP contribution >= 0.6 is 0 Å². The number of fused-ring (bicyclic) bond motifs is 3. The second kappa shape index (κ2) is 5.27. The lowest BCUT2D eigenvalue weighted by molar-refractivity contribution is 0.100. The largest absolute Gasteiger partial charge is 0.422 e. The fraction of sp³-hybridized carbons (Fsp3) is 0. The Kier molecular flexibility index (Phi) is 3.09. The molecule has 6 nitrogen and oxygen atoms in total. The molecule has 0 unspecified atom stereocenters. The normalized spacial score (nSPS) is 11.0. The van der Waals surface area contributed by atoms with E-state index in [2.05, 4.69) is 9.97 Å². The molecule has 0 aliphatic heterocycles.